The number of β-amino-alcohol motifs (C(OH)–C–C–N with tert-alkyl or cyclic N) is 1. The maximum atomic E-state index is 12.6. The predicted molar refractivity (Wildman–Crippen MR) is 98.9 cm³/mol. The van der Waals surface area contributed by atoms with Crippen molar-refractivity contribution in [1.82, 2.24) is 20.5 Å². The molecule has 0 spiro atoms. The van der Waals surface area contributed by atoms with E-state index in [-0.39, 0.29) is 12.5 Å². The van der Waals surface area contributed by atoms with Crippen LogP contribution in [0.25, 0.3) is 10.9 Å². The second kappa shape index (κ2) is 7.91. The molecule has 3 N–H and O–H groups in total. The third kappa shape index (κ3) is 4.54. The molecule has 0 bridgehead atoms. The van der Waals surface area contributed by atoms with Crippen molar-refractivity contribution in [2.45, 2.75) is 20.0 Å². The number of hydrogen-bond donors (Lipinski definition) is 3. The molecule has 1 saturated heterocycles. The highest BCUT2D eigenvalue weighted by Crippen LogP contribution is 2.20. The van der Waals surface area contributed by atoms with Gasteiger partial charge in [-0.1, -0.05) is 11.6 Å². The standard InChI is InChI=1S/C19H26N4O2/c1-13-3-4-18-16(9-13)17(10-14(2)22-18)19(25)21-11-15(24)12-23-7-5-20-6-8-23/h3-4,9-10,15,20,24H,5-8,11-12H2,1-2H3,(H,21,25)/t15-/m0/s1. The lowest BCUT2D eigenvalue weighted by Crippen LogP contribution is -2.48. The van der Waals surface area contributed by atoms with Gasteiger partial charge in [0.15, 0.2) is 0 Å². The Bertz CT molecular complexity index is 756. The number of carbonyl (C=O) groups is 1. The number of piperazine rings is 1. The summed E-state index contributed by atoms with van der Waals surface area (Å²) in [6.45, 7) is 8.46. The van der Waals surface area contributed by atoms with Crippen molar-refractivity contribution < 1.29 is 9.90 Å². The first-order valence-electron chi connectivity index (χ1n) is 8.80. The van der Waals surface area contributed by atoms with Gasteiger partial charge in [-0.3, -0.25) is 14.7 Å². The molecule has 1 aromatic carbocycles. The van der Waals surface area contributed by atoms with E-state index in [1.54, 1.807) is 6.07 Å². The van der Waals surface area contributed by atoms with Gasteiger partial charge >= 0.3 is 0 Å². The van der Waals surface area contributed by atoms with E-state index in [2.05, 4.69) is 20.5 Å². The van der Waals surface area contributed by atoms with Crippen LogP contribution in [0.15, 0.2) is 24.3 Å². The third-order valence-corrected chi connectivity index (χ3v) is 4.51. The van der Waals surface area contributed by atoms with Crippen molar-refractivity contribution in [1.29, 1.82) is 0 Å². The zero-order valence-electron chi connectivity index (χ0n) is 14.9. The molecule has 1 aliphatic rings. The van der Waals surface area contributed by atoms with Crippen LogP contribution in [0.1, 0.15) is 21.6 Å². The first-order valence-corrected chi connectivity index (χ1v) is 8.80. The smallest absolute Gasteiger partial charge is 0.252 e. The Kier molecular flexibility index (Phi) is 5.63. The zero-order chi connectivity index (χ0) is 17.8. The number of rotatable bonds is 5. The molecule has 2 aromatic rings. The topological polar surface area (TPSA) is 77.5 Å². The summed E-state index contributed by atoms with van der Waals surface area (Å²) < 4.78 is 0. The molecule has 2 heterocycles. The molecule has 1 atom stereocenters. The fourth-order valence-electron chi connectivity index (χ4n) is 3.22. The van der Waals surface area contributed by atoms with E-state index in [0.29, 0.717) is 12.1 Å². The van der Waals surface area contributed by atoms with Crippen LogP contribution in [0.2, 0.25) is 0 Å². The van der Waals surface area contributed by atoms with Crippen molar-refractivity contribution in [2.24, 2.45) is 0 Å². The Morgan fingerprint density at radius 3 is 2.84 bits per heavy atom. The Morgan fingerprint density at radius 1 is 1.32 bits per heavy atom. The van der Waals surface area contributed by atoms with E-state index in [1.165, 1.54) is 0 Å². The molecule has 0 saturated carbocycles. The number of amides is 1. The van der Waals surface area contributed by atoms with Gasteiger partial charge in [0.05, 0.1) is 17.2 Å². The minimum Gasteiger partial charge on any atom is -0.390 e. The number of nitrogens with zero attached hydrogens (tertiary/aromatic N) is 2. The van der Waals surface area contributed by atoms with E-state index in [1.807, 2.05) is 32.0 Å². The van der Waals surface area contributed by atoms with Crippen LogP contribution >= 0.6 is 0 Å². The number of fused-ring (bicyclic) bond motifs is 1. The molecule has 1 aromatic heterocycles. The molecule has 1 fully saturated rings. The van der Waals surface area contributed by atoms with Crippen LogP contribution < -0.4 is 10.6 Å². The maximum absolute atomic E-state index is 12.6. The van der Waals surface area contributed by atoms with Crippen LogP contribution in [0.4, 0.5) is 0 Å². The number of aliphatic hydroxyl groups excluding tert-OH is 1. The molecule has 1 aliphatic heterocycles. The summed E-state index contributed by atoms with van der Waals surface area (Å²) >= 11 is 0. The van der Waals surface area contributed by atoms with Gasteiger partial charge in [0.25, 0.3) is 5.91 Å². The molecule has 134 valence electrons. The number of nitrogens with one attached hydrogen (secondary N) is 2. The normalized spacial score (nSPS) is 16.8. The summed E-state index contributed by atoms with van der Waals surface area (Å²) in [5.74, 6) is -0.166. The number of aliphatic hydroxyl groups is 1. The van der Waals surface area contributed by atoms with Gasteiger partial charge in [0, 0.05) is 50.3 Å². The van der Waals surface area contributed by atoms with Crippen LogP contribution in [0.3, 0.4) is 0 Å². The zero-order valence-corrected chi connectivity index (χ0v) is 14.9. The summed E-state index contributed by atoms with van der Waals surface area (Å²) in [6.07, 6.45) is -0.571. The molecule has 0 aliphatic carbocycles. The highest BCUT2D eigenvalue weighted by Gasteiger charge is 2.17. The number of carbonyl (C=O) groups excluding carboxylic acids is 1. The number of benzene rings is 1. The summed E-state index contributed by atoms with van der Waals surface area (Å²) in [7, 11) is 0. The Labute approximate surface area is 148 Å². The number of aromatic nitrogens is 1. The highest BCUT2D eigenvalue weighted by atomic mass is 16.3. The van der Waals surface area contributed by atoms with Crippen LogP contribution in [-0.2, 0) is 0 Å². The number of hydrogen-bond acceptors (Lipinski definition) is 5. The summed E-state index contributed by atoms with van der Waals surface area (Å²) in [6, 6.07) is 7.72. The molecule has 0 radical (unpaired) electrons. The second-order valence-electron chi connectivity index (χ2n) is 6.75. The van der Waals surface area contributed by atoms with Gasteiger partial charge in [-0.15, -0.1) is 0 Å². The van der Waals surface area contributed by atoms with Crippen LogP contribution in [0, 0.1) is 13.8 Å². The van der Waals surface area contributed by atoms with Crippen molar-refractivity contribution >= 4 is 16.8 Å². The summed E-state index contributed by atoms with van der Waals surface area (Å²) in [5, 5.41) is 17.2. The van der Waals surface area contributed by atoms with Gasteiger partial charge in [-0.05, 0) is 32.0 Å². The first kappa shape index (κ1) is 17.8. The second-order valence-corrected chi connectivity index (χ2v) is 6.75. The lowest BCUT2D eigenvalue weighted by Gasteiger charge is -2.29. The lowest BCUT2D eigenvalue weighted by molar-refractivity contribution is 0.0843. The number of pyridine rings is 1. The van der Waals surface area contributed by atoms with E-state index in [4.69, 9.17) is 0 Å². The maximum Gasteiger partial charge on any atom is 0.252 e. The third-order valence-electron chi connectivity index (χ3n) is 4.51. The van der Waals surface area contributed by atoms with Crippen LogP contribution in [0.5, 0.6) is 0 Å². The molecular formula is C19H26N4O2. The number of aryl methyl sites for hydroxylation is 2. The molecule has 1 amide bonds. The fourth-order valence-corrected chi connectivity index (χ4v) is 3.22. The van der Waals surface area contributed by atoms with Crippen molar-refractivity contribution in [3.05, 3.63) is 41.1 Å². The molecular weight excluding hydrogens is 316 g/mol. The highest BCUT2D eigenvalue weighted by molar-refractivity contribution is 6.06. The van der Waals surface area contributed by atoms with Crippen molar-refractivity contribution in [3.63, 3.8) is 0 Å². The van der Waals surface area contributed by atoms with E-state index in [9.17, 15) is 9.90 Å². The Balaban J connectivity index is 1.66. The largest absolute Gasteiger partial charge is 0.390 e. The Morgan fingerprint density at radius 2 is 2.08 bits per heavy atom. The average molecular weight is 342 g/mol. The van der Waals surface area contributed by atoms with Crippen molar-refractivity contribution in [2.75, 3.05) is 39.3 Å². The predicted octanol–water partition coefficient (Wildman–Crippen LogP) is 0.848. The molecule has 25 heavy (non-hydrogen) atoms. The molecule has 6 nitrogen and oxygen atoms in total. The molecule has 0 unspecified atom stereocenters. The minimum atomic E-state index is -0.571. The Hall–Kier alpha value is -2.02. The van der Waals surface area contributed by atoms with Gasteiger partial charge in [0.1, 0.15) is 0 Å². The van der Waals surface area contributed by atoms with Crippen molar-refractivity contribution in [3.8, 4) is 0 Å². The van der Waals surface area contributed by atoms with E-state index < -0.39 is 6.10 Å². The van der Waals surface area contributed by atoms with Crippen LogP contribution in [-0.4, -0.2) is 66.3 Å². The van der Waals surface area contributed by atoms with E-state index in [0.717, 1.165) is 48.3 Å². The van der Waals surface area contributed by atoms with Gasteiger partial charge < -0.3 is 15.7 Å². The summed E-state index contributed by atoms with van der Waals surface area (Å²) in [5.41, 5.74) is 3.33. The van der Waals surface area contributed by atoms with Gasteiger partial charge in [0.2, 0.25) is 0 Å². The lowest BCUT2D eigenvalue weighted by atomic mass is 10.0. The summed E-state index contributed by atoms with van der Waals surface area (Å²) in [4.78, 5) is 19.3. The molecule has 3 rings (SSSR count). The SMILES string of the molecule is Cc1ccc2nc(C)cc(C(=O)NC[C@H](O)CN3CCNCC3)c2c1. The monoisotopic (exact) mass is 342 g/mol. The quantitative estimate of drug-likeness (QED) is 0.751. The van der Waals surface area contributed by atoms with Gasteiger partial charge in [-0.25, -0.2) is 0 Å². The fraction of sp³-hybridized carbons (Fsp3) is 0.474. The minimum absolute atomic E-state index is 0.166. The first-order chi connectivity index (χ1) is 12.0. The molecule has 6 heteroatoms. The van der Waals surface area contributed by atoms with Gasteiger partial charge in [-0.2, -0.15) is 0 Å². The average Bonchev–Trinajstić information content (AvgIpc) is 2.60. The van der Waals surface area contributed by atoms with E-state index >= 15 is 0 Å².